The van der Waals surface area contributed by atoms with Gasteiger partial charge in [-0.3, -0.25) is 0 Å². The van der Waals surface area contributed by atoms with E-state index in [-0.39, 0.29) is 0 Å². The Bertz CT molecular complexity index is 500. The Labute approximate surface area is 108 Å². The Morgan fingerprint density at radius 2 is 2.17 bits per heavy atom. The topological polar surface area (TPSA) is 29.9 Å². The van der Waals surface area contributed by atoms with E-state index in [0.717, 1.165) is 11.6 Å². The second kappa shape index (κ2) is 4.84. The van der Waals surface area contributed by atoms with Gasteiger partial charge in [-0.15, -0.1) is 0 Å². The van der Waals surface area contributed by atoms with Gasteiger partial charge in [-0.05, 0) is 43.4 Å². The molecule has 1 aliphatic carbocycles. The Morgan fingerprint density at radius 1 is 1.33 bits per heavy atom. The third kappa shape index (κ3) is 2.26. The smallest absolute Gasteiger partial charge is 0.0876 e. The quantitative estimate of drug-likeness (QED) is 0.868. The summed E-state index contributed by atoms with van der Waals surface area (Å²) < 4.78 is 1.92. The minimum absolute atomic E-state index is 0.599. The van der Waals surface area contributed by atoms with Gasteiger partial charge in [0.1, 0.15) is 0 Å². The van der Waals surface area contributed by atoms with E-state index in [4.69, 9.17) is 0 Å². The van der Waals surface area contributed by atoms with E-state index in [1.54, 1.807) is 0 Å². The number of para-hydroxylation sites is 2. The third-order valence-corrected chi connectivity index (χ3v) is 3.63. The molecule has 0 spiro atoms. The molecule has 1 atom stereocenters. The Balaban J connectivity index is 1.87. The van der Waals surface area contributed by atoms with Crippen LogP contribution >= 0.6 is 0 Å². The van der Waals surface area contributed by atoms with Crippen molar-refractivity contribution in [1.82, 2.24) is 9.78 Å². The molecule has 3 nitrogen and oxygen atoms in total. The summed E-state index contributed by atoms with van der Waals surface area (Å²) in [6.45, 7) is 2.26. The van der Waals surface area contributed by atoms with Crippen molar-refractivity contribution in [1.29, 1.82) is 0 Å². The van der Waals surface area contributed by atoms with Crippen molar-refractivity contribution >= 4 is 5.69 Å². The zero-order valence-electron chi connectivity index (χ0n) is 10.7. The molecule has 1 aromatic carbocycles. The highest BCUT2D eigenvalue weighted by molar-refractivity contribution is 5.61. The minimum atomic E-state index is 0.599. The van der Waals surface area contributed by atoms with Gasteiger partial charge in [-0.1, -0.05) is 19.1 Å². The van der Waals surface area contributed by atoms with E-state index in [2.05, 4.69) is 41.6 Å². The maximum Gasteiger partial charge on any atom is 0.0876 e. The lowest BCUT2D eigenvalue weighted by Crippen LogP contribution is -2.21. The molecule has 1 saturated carbocycles. The average Bonchev–Trinajstić information content (AvgIpc) is 3.11. The number of hydrogen-bond acceptors (Lipinski definition) is 2. The van der Waals surface area contributed by atoms with Gasteiger partial charge >= 0.3 is 0 Å². The summed E-state index contributed by atoms with van der Waals surface area (Å²) in [6.07, 6.45) is 7.72. The van der Waals surface area contributed by atoms with E-state index in [9.17, 15) is 0 Å². The predicted molar refractivity (Wildman–Crippen MR) is 74.0 cm³/mol. The van der Waals surface area contributed by atoms with Crippen molar-refractivity contribution < 1.29 is 0 Å². The molecule has 0 saturated heterocycles. The highest BCUT2D eigenvalue weighted by Crippen LogP contribution is 2.36. The molecule has 2 aromatic rings. The number of aromatic nitrogens is 2. The molecule has 0 amide bonds. The summed E-state index contributed by atoms with van der Waals surface area (Å²) in [4.78, 5) is 0. The Kier molecular flexibility index (Phi) is 3.05. The van der Waals surface area contributed by atoms with Gasteiger partial charge in [0, 0.05) is 18.4 Å². The van der Waals surface area contributed by atoms with Crippen LogP contribution < -0.4 is 5.32 Å². The van der Waals surface area contributed by atoms with Crippen molar-refractivity contribution in [3.05, 3.63) is 42.7 Å². The third-order valence-electron chi connectivity index (χ3n) is 3.63. The van der Waals surface area contributed by atoms with Gasteiger partial charge < -0.3 is 5.32 Å². The van der Waals surface area contributed by atoms with Crippen LogP contribution in [0.5, 0.6) is 0 Å². The van der Waals surface area contributed by atoms with Crippen molar-refractivity contribution in [2.24, 2.45) is 5.92 Å². The number of nitrogens with zero attached hydrogens (tertiary/aromatic N) is 2. The zero-order chi connectivity index (χ0) is 12.4. The Hall–Kier alpha value is -1.77. The number of nitrogens with one attached hydrogen (secondary N) is 1. The van der Waals surface area contributed by atoms with Gasteiger partial charge in [-0.25, -0.2) is 4.68 Å². The molecule has 0 bridgehead atoms. The van der Waals surface area contributed by atoms with E-state index in [0.29, 0.717) is 6.04 Å². The van der Waals surface area contributed by atoms with Crippen molar-refractivity contribution in [2.45, 2.75) is 32.2 Å². The van der Waals surface area contributed by atoms with Crippen LogP contribution in [-0.2, 0) is 0 Å². The summed E-state index contributed by atoms with van der Waals surface area (Å²) in [6, 6.07) is 10.9. The fourth-order valence-electron chi connectivity index (χ4n) is 2.46. The lowest BCUT2D eigenvalue weighted by Gasteiger charge is -2.20. The van der Waals surface area contributed by atoms with Crippen LogP contribution in [0.3, 0.4) is 0 Å². The largest absolute Gasteiger partial charge is 0.380 e. The fourth-order valence-corrected chi connectivity index (χ4v) is 2.46. The first-order valence-electron chi connectivity index (χ1n) is 6.74. The summed E-state index contributed by atoms with van der Waals surface area (Å²) in [5.41, 5.74) is 2.31. The summed E-state index contributed by atoms with van der Waals surface area (Å²) >= 11 is 0. The molecule has 1 fully saturated rings. The lowest BCUT2D eigenvalue weighted by atomic mass is 10.1. The van der Waals surface area contributed by atoms with Crippen LogP contribution in [0.15, 0.2) is 42.7 Å². The maximum atomic E-state index is 4.32. The molecule has 3 heteroatoms. The second-order valence-corrected chi connectivity index (χ2v) is 4.96. The standard InChI is InChI=1S/C15H19N3/c1-2-13(12-8-9-12)17-14-6-3-4-7-15(14)18-11-5-10-16-18/h3-7,10-13,17H,2,8-9H2,1H3. The summed E-state index contributed by atoms with van der Waals surface area (Å²) in [5.74, 6) is 0.862. The number of hydrogen-bond donors (Lipinski definition) is 1. The van der Waals surface area contributed by atoms with Crippen LogP contribution in [0.25, 0.3) is 5.69 Å². The Morgan fingerprint density at radius 3 is 2.83 bits per heavy atom. The van der Waals surface area contributed by atoms with Crippen molar-refractivity contribution in [2.75, 3.05) is 5.32 Å². The van der Waals surface area contributed by atoms with E-state index >= 15 is 0 Å². The van der Waals surface area contributed by atoms with E-state index < -0.39 is 0 Å². The molecule has 1 N–H and O–H groups in total. The number of benzene rings is 1. The van der Waals surface area contributed by atoms with Crippen LogP contribution in [0, 0.1) is 5.92 Å². The van der Waals surface area contributed by atoms with Gasteiger partial charge in [0.2, 0.25) is 0 Å². The molecule has 0 radical (unpaired) electrons. The van der Waals surface area contributed by atoms with Gasteiger partial charge in [0.05, 0.1) is 11.4 Å². The molecule has 1 aliphatic rings. The fraction of sp³-hybridized carbons (Fsp3) is 0.400. The van der Waals surface area contributed by atoms with Crippen LogP contribution in [0.4, 0.5) is 5.69 Å². The van der Waals surface area contributed by atoms with Gasteiger partial charge in [0.15, 0.2) is 0 Å². The van der Waals surface area contributed by atoms with Crippen LogP contribution in [-0.4, -0.2) is 15.8 Å². The monoisotopic (exact) mass is 241 g/mol. The molecule has 94 valence electrons. The molecular formula is C15H19N3. The molecule has 1 heterocycles. The van der Waals surface area contributed by atoms with Crippen LogP contribution in [0.1, 0.15) is 26.2 Å². The average molecular weight is 241 g/mol. The summed E-state index contributed by atoms with van der Waals surface area (Å²) in [7, 11) is 0. The first kappa shape index (κ1) is 11.3. The number of anilines is 1. The van der Waals surface area contributed by atoms with Crippen LogP contribution in [0.2, 0.25) is 0 Å². The highest BCUT2D eigenvalue weighted by Gasteiger charge is 2.30. The molecule has 3 rings (SSSR count). The van der Waals surface area contributed by atoms with Gasteiger partial charge in [0.25, 0.3) is 0 Å². The van der Waals surface area contributed by atoms with E-state index in [1.165, 1.54) is 24.9 Å². The molecule has 18 heavy (non-hydrogen) atoms. The van der Waals surface area contributed by atoms with Gasteiger partial charge in [-0.2, -0.15) is 5.10 Å². The predicted octanol–water partition coefficient (Wildman–Crippen LogP) is 3.47. The molecule has 0 aliphatic heterocycles. The van der Waals surface area contributed by atoms with Crippen molar-refractivity contribution in [3.63, 3.8) is 0 Å². The SMILES string of the molecule is CCC(Nc1ccccc1-n1cccn1)C1CC1. The molecule has 1 aromatic heterocycles. The normalized spacial score (nSPS) is 16.5. The first-order valence-corrected chi connectivity index (χ1v) is 6.74. The maximum absolute atomic E-state index is 4.32. The van der Waals surface area contributed by atoms with E-state index in [1.807, 2.05) is 23.1 Å². The highest BCUT2D eigenvalue weighted by atomic mass is 15.3. The zero-order valence-corrected chi connectivity index (χ0v) is 10.7. The van der Waals surface area contributed by atoms with Crippen molar-refractivity contribution in [3.8, 4) is 5.69 Å². The summed E-state index contributed by atoms with van der Waals surface area (Å²) in [5, 5.41) is 8.00. The molecular weight excluding hydrogens is 222 g/mol. The second-order valence-electron chi connectivity index (χ2n) is 4.96. The minimum Gasteiger partial charge on any atom is -0.380 e. The first-order chi connectivity index (χ1) is 8.88. The lowest BCUT2D eigenvalue weighted by molar-refractivity contribution is 0.615. The number of rotatable bonds is 5. The molecule has 1 unspecified atom stereocenters.